The van der Waals surface area contributed by atoms with E-state index in [0.717, 1.165) is 91.7 Å². The predicted molar refractivity (Wildman–Crippen MR) is 235 cm³/mol. The molecule has 2 fully saturated rings. The van der Waals surface area contributed by atoms with Crippen LogP contribution in [0.4, 0.5) is 5.69 Å². The highest BCUT2D eigenvalue weighted by Gasteiger charge is 2.43. The maximum absolute atomic E-state index is 14.6. The van der Waals surface area contributed by atoms with E-state index in [4.69, 9.17) is 0 Å². The normalized spacial score (nSPS) is 19.0. The smallest absolute Gasteiger partial charge is 0.202 e. The molecule has 0 atom stereocenters. The summed E-state index contributed by atoms with van der Waals surface area (Å²) in [6.07, 6.45) is 8.22. The van der Waals surface area contributed by atoms with Gasteiger partial charge >= 0.3 is 0 Å². The minimum absolute atomic E-state index is 0.0137. The van der Waals surface area contributed by atoms with Crippen molar-refractivity contribution in [3.8, 4) is 5.75 Å². The highest BCUT2D eigenvalue weighted by Crippen LogP contribution is 2.51. The number of hydrogen-bond donors (Lipinski definition) is 2. The van der Waals surface area contributed by atoms with Gasteiger partial charge in [0.25, 0.3) is 0 Å². The van der Waals surface area contributed by atoms with Gasteiger partial charge in [0.05, 0.1) is 11.1 Å². The van der Waals surface area contributed by atoms with Gasteiger partial charge in [-0.15, -0.1) is 0 Å². The molecule has 0 spiro atoms. The van der Waals surface area contributed by atoms with Crippen LogP contribution in [0.1, 0.15) is 105 Å². The van der Waals surface area contributed by atoms with Crippen molar-refractivity contribution < 1.29 is 19.8 Å². The van der Waals surface area contributed by atoms with Crippen LogP contribution in [-0.4, -0.2) is 52.9 Å². The van der Waals surface area contributed by atoms with Crippen molar-refractivity contribution in [3.63, 3.8) is 0 Å². The number of piperidine rings is 2. The lowest BCUT2D eigenvalue weighted by molar-refractivity contribution is -0.113. The number of nitrogens with zero attached hydrogens (tertiary/aromatic N) is 2. The van der Waals surface area contributed by atoms with Crippen molar-refractivity contribution in [2.45, 2.75) is 77.0 Å². The van der Waals surface area contributed by atoms with E-state index < -0.39 is 5.78 Å². The molecule has 0 bridgehead atoms. The van der Waals surface area contributed by atoms with Crippen LogP contribution in [0.15, 0.2) is 121 Å². The van der Waals surface area contributed by atoms with Gasteiger partial charge in [-0.2, -0.15) is 0 Å². The number of allylic oxidation sites excluding steroid dienone is 4. The zero-order valence-electron chi connectivity index (χ0n) is 34.1. The van der Waals surface area contributed by atoms with Crippen LogP contribution in [0.25, 0.3) is 27.6 Å². The standard InChI is InChI=1S/C52H52N2O4/c1-51(2,33-17-9-5-10-18-33)35-21-23-37-39(29-35)41(53-25-13-7-14-26-53)31-43(55)45(37)47-49(57)48(50(47)58)46-38-24-22-36(52(3,4)34-19-11-6-12-20-34)30-40(38)42(32-44(46)56)54-27-15-8-16-28-54/h5-6,9-12,17-24,29-32,55,57H,7-8,13-16,25-28H2,1-4H3/b48-46-. The zero-order chi connectivity index (χ0) is 40.3. The molecule has 0 unspecified atom stereocenters. The molecule has 0 aromatic heterocycles. The van der Waals surface area contributed by atoms with E-state index in [-0.39, 0.29) is 44.8 Å². The number of aliphatic hydroxyl groups is 1. The number of carbonyl (C=O) groups is 2. The number of anilines is 1. The highest BCUT2D eigenvalue weighted by atomic mass is 16.3. The number of aromatic hydroxyl groups is 1. The van der Waals surface area contributed by atoms with Crippen LogP contribution in [0.2, 0.25) is 0 Å². The monoisotopic (exact) mass is 768 g/mol. The van der Waals surface area contributed by atoms with Gasteiger partial charge < -0.3 is 20.0 Å². The van der Waals surface area contributed by atoms with Gasteiger partial charge in [0.1, 0.15) is 11.5 Å². The Balaban J connectivity index is 1.20. The molecule has 4 aliphatic rings. The fourth-order valence-corrected chi connectivity index (χ4v) is 9.77. The minimum Gasteiger partial charge on any atom is -0.507 e. The summed E-state index contributed by atoms with van der Waals surface area (Å²) in [5, 5.41) is 25.5. The second-order valence-corrected chi connectivity index (χ2v) is 17.6. The number of phenolic OH excluding ortho intramolecular Hbond substituents is 1. The number of fused-ring (bicyclic) bond motifs is 2. The summed E-state index contributed by atoms with van der Waals surface area (Å²) in [5.41, 5.74) is 7.85. The van der Waals surface area contributed by atoms with Crippen molar-refractivity contribution in [1.29, 1.82) is 0 Å². The molecular weight excluding hydrogens is 717 g/mol. The first-order valence-corrected chi connectivity index (χ1v) is 21.0. The average Bonchev–Trinajstić information content (AvgIpc) is 3.26. The Labute approximate surface area is 341 Å². The molecular formula is C52H52N2O4. The van der Waals surface area contributed by atoms with E-state index >= 15 is 0 Å². The number of ketones is 2. The van der Waals surface area contributed by atoms with Crippen molar-refractivity contribution in [2.75, 3.05) is 31.1 Å². The van der Waals surface area contributed by atoms with Gasteiger partial charge in [-0.25, -0.2) is 0 Å². The Morgan fingerprint density at radius 1 is 0.517 bits per heavy atom. The van der Waals surface area contributed by atoms with Crippen LogP contribution < -0.4 is 4.90 Å². The fraction of sp³-hybridized carbons (Fsp3) is 0.308. The van der Waals surface area contributed by atoms with Gasteiger partial charge in [0.15, 0.2) is 5.78 Å². The number of hydrogen-bond acceptors (Lipinski definition) is 6. The highest BCUT2D eigenvalue weighted by molar-refractivity contribution is 6.48. The molecule has 0 radical (unpaired) electrons. The average molecular weight is 769 g/mol. The quantitative estimate of drug-likeness (QED) is 0.161. The number of carbonyl (C=O) groups excluding carboxylic acids is 2. The van der Waals surface area contributed by atoms with Gasteiger partial charge in [-0.3, -0.25) is 9.59 Å². The Hall–Kier alpha value is -5.88. The Kier molecular flexibility index (Phi) is 9.42. The SMILES string of the molecule is CC(C)(c1ccccc1)c1ccc2c(c1)C(N1CCCCC1)=CC(=O)/C2=C1\C(=O)C(c2c(O)cc(N3CCCCC3)c3cc(C(C)(C)c4ccccc4)ccc23)=C1O. The molecule has 2 aliphatic carbocycles. The second-order valence-electron chi connectivity index (χ2n) is 17.6. The molecule has 2 saturated heterocycles. The number of Topliss-reactive ketones (excluding diaryl/α,β-unsaturated/α-hetero) is 1. The number of aliphatic hydroxyl groups excluding tert-OH is 1. The predicted octanol–water partition coefficient (Wildman–Crippen LogP) is 10.9. The lowest BCUT2D eigenvalue weighted by atomic mass is 9.72. The molecule has 9 rings (SSSR count). The maximum atomic E-state index is 14.6. The lowest BCUT2D eigenvalue weighted by Crippen LogP contribution is -2.32. The third kappa shape index (κ3) is 6.16. The van der Waals surface area contributed by atoms with Crippen LogP contribution >= 0.6 is 0 Å². The van der Waals surface area contributed by atoms with Crippen LogP contribution in [0, 0.1) is 0 Å². The van der Waals surface area contributed by atoms with Gasteiger partial charge in [0, 0.05) is 82.6 Å². The molecule has 2 N–H and O–H groups in total. The van der Waals surface area contributed by atoms with E-state index in [0.29, 0.717) is 16.5 Å². The first-order chi connectivity index (χ1) is 28.0. The minimum atomic E-state index is -0.439. The third-order valence-corrected chi connectivity index (χ3v) is 13.4. The summed E-state index contributed by atoms with van der Waals surface area (Å²) in [4.78, 5) is 33.6. The van der Waals surface area contributed by atoms with Crippen molar-refractivity contribution in [1.82, 2.24) is 4.90 Å². The molecule has 0 amide bonds. The van der Waals surface area contributed by atoms with Crippen molar-refractivity contribution >= 4 is 44.9 Å². The Morgan fingerprint density at radius 2 is 1.07 bits per heavy atom. The number of rotatable bonds is 7. The van der Waals surface area contributed by atoms with E-state index in [1.54, 1.807) is 12.1 Å². The fourth-order valence-electron chi connectivity index (χ4n) is 9.77. The first-order valence-electron chi connectivity index (χ1n) is 21.0. The summed E-state index contributed by atoms with van der Waals surface area (Å²) >= 11 is 0. The number of phenols is 1. The molecule has 2 aliphatic heterocycles. The maximum Gasteiger partial charge on any atom is 0.202 e. The van der Waals surface area contributed by atoms with E-state index in [2.05, 4.69) is 110 Å². The molecule has 5 aromatic rings. The third-order valence-electron chi connectivity index (χ3n) is 13.4. The van der Waals surface area contributed by atoms with E-state index in [9.17, 15) is 19.8 Å². The van der Waals surface area contributed by atoms with Crippen LogP contribution in [0.5, 0.6) is 5.75 Å². The zero-order valence-corrected chi connectivity index (χ0v) is 34.1. The lowest BCUT2D eigenvalue weighted by Gasteiger charge is -2.36. The summed E-state index contributed by atoms with van der Waals surface area (Å²) in [6.45, 7) is 12.3. The summed E-state index contributed by atoms with van der Waals surface area (Å²) < 4.78 is 0. The molecule has 6 nitrogen and oxygen atoms in total. The topological polar surface area (TPSA) is 81.1 Å². The van der Waals surface area contributed by atoms with Crippen molar-refractivity contribution in [3.05, 3.63) is 159 Å². The van der Waals surface area contributed by atoms with E-state index in [1.165, 1.54) is 17.5 Å². The Bertz CT molecular complexity index is 2570. The molecule has 5 aromatic carbocycles. The van der Waals surface area contributed by atoms with Gasteiger partial charge in [-0.05, 0) is 83.9 Å². The van der Waals surface area contributed by atoms with Crippen LogP contribution in [-0.2, 0) is 20.4 Å². The summed E-state index contributed by atoms with van der Waals surface area (Å²) in [5.74, 6) is -1.04. The number of benzene rings is 5. The van der Waals surface area contributed by atoms with E-state index in [1.807, 2.05) is 24.3 Å². The summed E-state index contributed by atoms with van der Waals surface area (Å²) in [7, 11) is 0. The second kappa shape index (κ2) is 14.5. The van der Waals surface area contributed by atoms with Crippen LogP contribution in [0.3, 0.4) is 0 Å². The molecule has 6 heteroatoms. The first kappa shape index (κ1) is 37.7. The van der Waals surface area contributed by atoms with Gasteiger partial charge in [-0.1, -0.05) is 113 Å². The molecule has 58 heavy (non-hydrogen) atoms. The molecule has 2 heterocycles. The molecule has 294 valence electrons. The van der Waals surface area contributed by atoms with Gasteiger partial charge in [0.2, 0.25) is 5.78 Å². The summed E-state index contributed by atoms with van der Waals surface area (Å²) in [6, 6.07) is 35.0. The molecule has 0 saturated carbocycles. The Morgan fingerprint density at radius 3 is 1.66 bits per heavy atom. The van der Waals surface area contributed by atoms with Crippen molar-refractivity contribution in [2.24, 2.45) is 0 Å². The largest absolute Gasteiger partial charge is 0.507 e. The number of likely N-dealkylation sites (tertiary alicyclic amines) is 1.